The number of rotatable bonds is 8. The number of hydrogen-bond acceptors (Lipinski definition) is 1. The van der Waals surface area contributed by atoms with Gasteiger partial charge in [0.15, 0.2) is 0 Å². The lowest BCUT2D eigenvalue weighted by molar-refractivity contribution is 1.28. The molecule has 0 N–H and O–H groups in total. The van der Waals surface area contributed by atoms with Crippen molar-refractivity contribution in [1.29, 1.82) is 0 Å². The summed E-state index contributed by atoms with van der Waals surface area (Å²) in [7, 11) is 0. The Kier molecular flexibility index (Phi) is 9.58. The zero-order valence-corrected chi connectivity index (χ0v) is 35.8. The van der Waals surface area contributed by atoms with Crippen LogP contribution < -0.4 is 4.90 Å². The summed E-state index contributed by atoms with van der Waals surface area (Å²) in [6.07, 6.45) is 0. The quantitative estimate of drug-likeness (QED) is 0.138. The van der Waals surface area contributed by atoms with Gasteiger partial charge in [-0.1, -0.05) is 218 Å². The summed E-state index contributed by atoms with van der Waals surface area (Å²) < 4.78 is 0. The van der Waals surface area contributed by atoms with Gasteiger partial charge in [0.05, 0.1) is 5.69 Å². The Morgan fingerprint density at radius 1 is 0.200 bits per heavy atom. The van der Waals surface area contributed by atoms with Gasteiger partial charge >= 0.3 is 0 Å². The molecule has 0 unspecified atom stereocenters. The molecule has 0 aliphatic heterocycles. The molecular weight excluding hydrogens is 783 g/mol. The third-order valence-electron chi connectivity index (χ3n) is 13.1. The SMILES string of the molecule is c1ccc(-c2ccccc2N(c2ccc(-c3ccccc3-c3cc4ccccc4c4ccccc34)cc2)c2ccc(-c3ccccc3-c3cc4ccccc4c4ccccc34)cc2)cc1. The first kappa shape index (κ1) is 38.2. The summed E-state index contributed by atoms with van der Waals surface area (Å²) in [5, 5.41) is 10.1. The van der Waals surface area contributed by atoms with Crippen LogP contribution in [0.5, 0.6) is 0 Å². The highest BCUT2D eigenvalue weighted by molar-refractivity contribution is 6.16. The van der Waals surface area contributed by atoms with Gasteiger partial charge in [-0.3, -0.25) is 0 Å². The van der Waals surface area contributed by atoms with E-state index in [4.69, 9.17) is 0 Å². The van der Waals surface area contributed by atoms with E-state index in [2.05, 4.69) is 266 Å². The Morgan fingerprint density at radius 3 is 1.02 bits per heavy atom. The van der Waals surface area contributed by atoms with Crippen LogP contribution in [-0.4, -0.2) is 0 Å². The van der Waals surface area contributed by atoms with E-state index in [1.54, 1.807) is 0 Å². The Bertz CT molecular complexity index is 3490. The molecule has 0 bridgehead atoms. The first-order chi connectivity index (χ1) is 32.3. The van der Waals surface area contributed by atoms with E-state index < -0.39 is 0 Å². The van der Waals surface area contributed by atoms with Crippen LogP contribution in [0.3, 0.4) is 0 Å². The minimum absolute atomic E-state index is 1.08. The molecule has 12 aromatic rings. The second kappa shape index (κ2) is 16.3. The van der Waals surface area contributed by atoms with Gasteiger partial charge in [0.1, 0.15) is 0 Å². The monoisotopic (exact) mass is 825 g/mol. The number of hydrogen-bond donors (Lipinski definition) is 0. The van der Waals surface area contributed by atoms with Gasteiger partial charge in [-0.05, 0) is 136 Å². The molecule has 0 spiro atoms. The summed E-state index contributed by atoms with van der Waals surface area (Å²) in [4.78, 5) is 2.40. The van der Waals surface area contributed by atoms with Crippen molar-refractivity contribution in [2.75, 3.05) is 4.90 Å². The predicted octanol–water partition coefficient (Wildman–Crippen LogP) is 18.1. The molecule has 65 heavy (non-hydrogen) atoms. The van der Waals surface area contributed by atoms with Crippen LogP contribution in [0.25, 0.3) is 98.7 Å². The molecule has 0 fully saturated rings. The number of para-hydroxylation sites is 1. The summed E-state index contributed by atoms with van der Waals surface area (Å²) in [6, 6.07) is 95.2. The fourth-order valence-corrected chi connectivity index (χ4v) is 10.0. The Morgan fingerprint density at radius 2 is 0.538 bits per heavy atom. The highest BCUT2D eigenvalue weighted by Gasteiger charge is 2.20. The van der Waals surface area contributed by atoms with Gasteiger partial charge < -0.3 is 4.90 Å². The minimum Gasteiger partial charge on any atom is -0.310 e. The summed E-state index contributed by atoms with van der Waals surface area (Å²) in [5.41, 5.74) is 15.3. The summed E-state index contributed by atoms with van der Waals surface area (Å²) in [6.45, 7) is 0. The van der Waals surface area contributed by atoms with E-state index in [1.165, 1.54) is 98.7 Å². The molecule has 0 atom stereocenters. The second-order valence-electron chi connectivity index (χ2n) is 16.8. The summed E-state index contributed by atoms with van der Waals surface area (Å²) >= 11 is 0. The van der Waals surface area contributed by atoms with E-state index in [-0.39, 0.29) is 0 Å². The van der Waals surface area contributed by atoms with Crippen LogP contribution in [0.15, 0.2) is 261 Å². The highest BCUT2D eigenvalue weighted by Crippen LogP contribution is 2.45. The number of anilines is 3. The topological polar surface area (TPSA) is 3.24 Å². The van der Waals surface area contributed by atoms with Crippen LogP contribution in [0, 0.1) is 0 Å². The molecule has 0 aromatic heterocycles. The minimum atomic E-state index is 1.08. The maximum Gasteiger partial charge on any atom is 0.0540 e. The lowest BCUT2D eigenvalue weighted by Crippen LogP contribution is -2.11. The van der Waals surface area contributed by atoms with Gasteiger partial charge in [0.2, 0.25) is 0 Å². The van der Waals surface area contributed by atoms with Crippen molar-refractivity contribution in [2.24, 2.45) is 0 Å². The normalized spacial score (nSPS) is 11.4. The zero-order valence-electron chi connectivity index (χ0n) is 35.8. The molecular formula is C64H43N. The average molecular weight is 826 g/mol. The molecule has 1 heteroatoms. The lowest BCUT2D eigenvalue weighted by Gasteiger charge is -2.28. The average Bonchev–Trinajstić information content (AvgIpc) is 3.39. The highest BCUT2D eigenvalue weighted by atomic mass is 15.1. The molecule has 0 aliphatic rings. The van der Waals surface area contributed by atoms with Crippen molar-refractivity contribution in [2.45, 2.75) is 0 Å². The molecule has 12 rings (SSSR count). The van der Waals surface area contributed by atoms with Crippen molar-refractivity contribution in [1.82, 2.24) is 0 Å². The molecule has 0 aliphatic carbocycles. The smallest absolute Gasteiger partial charge is 0.0540 e. The molecule has 0 amide bonds. The van der Waals surface area contributed by atoms with Crippen molar-refractivity contribution < 1.29 is 0 Å². The molecule has 0 radical (unpaired) electrons. The molecule has 12 aromatic carbocycles. The molecule has 0 heterocycles. The maximum atomic E-state index is 2.40. The van der Waals surface area contributed by atoms with E-state index >= 15 is 0 Å². The largest absolute Gasteiger partial charge is 0.310 e. The predicted molar refractivity (Wildman–Crippen MR) is 278 cm³/mol. The van der Waals surface area contributed by atoms with Crippen molar-refractivity contribution in [3.8, 4) is 55.6 Å². The third-order valence-corrected chi connectivity index (χ3v) is 13.1. The van der Waals surface area contributed by atoms with Crippen LogP contribution in [-0.2, 0) is 0 Å². The Hall–Kier alpha value is -8.52. The van der Waals surface area contributed by atoms with Gasteiger partial charge in [-0.2, -0.15) is 0 Å². The first-order valence-corrected chi connectivity index (χ1v) is 22.4. The van der Waals surface area contributed by atoms with Crippen molar-refractivity contribution in [3.63, 3.8) is 0 Å². The van der Waals surface area contributed by atoms with Crippen LogP contribution in [0.4, 0.5) is 17.1 Å². The summed E-state index contributed by atoms with van der Waals surface area (Å²) in [5.74, 6) is 0. The number of benzene rings is 12. The third kappa shape index (κ3) is 6.82. The zero-order chi connectivity index (χ0) is 43.1. The van der Waals surface area contributed by atoms with Crippen molar-refractivity contribution >= 4 is 60.2 Å². The standard InChI is InChI=1S/C64H43N/c1-2-18-44(19-3-1)55-26-16-17-33-64(55)65(49-38-34-45(35-39-49)51-22-8-10-29-58(51)62-42-47-20-4-6-24-53(47)56-27-12-14-31-60(56)62)50-40-36-46(37-41-50)52-23-9-11-30-59(52)63-43-48-21-5-7-25-54(48)57-28-13-15-32-61(57)63/h1-43H. The second-order valence-corrected chi connectivity index (χ2v) is 16.8. The van der Waals surface area contributed by atoms with E-state index in [0.29, 0.717) is 0 Å². The fraction of sp³-hybridized carbons (Fsp3) is 0. The Balaban J connectivity index is 0.971. The first-order valence-electron chi connectivity index (χ1n) is 22.4. The fourth-order valence-electron chi connectivity index (χ4n) is 10.0. The van der Waals surface area contributed by atoms with Gasteiger partial charge in [0, 0.05) is 16.9 Å². The number of fused-ring (bicyclic) bond motifs is 6. The van der Waals surface area contributed by atoms with Crippen LogP contribution in [0.1, 0.15) is 0 Å². The van der Waals surface area contributed by atoms with E-state index in [9.17, 15) is 0 Å². The lowest BCUT2D eigenvalue weighted by atomic mass is 9.89. The molecule has 1 nitrogen and oxygen atoms in total. The van der Waals surface area contributed by atoms with Crippen molar-refractivity contribution in [3.05, 3.63) is 261 Å². The maximum absolute atomic E-state index is 2.40. The van der Waals surface area contributed by atoms with E-state index in [0.717, 1.165) is 17.1 Å². The van der Waals surface area contributed by atoms with Crippen LogP contribution in [0.2, 0.25) is 0 Å². The molecule has 0 saturated carbocycles. The molecule has 0 saturated heterocycles. The van der Waals surface area contributed by atoms with Crippen LogP contribution >= 0.6 is 0 Å². The van der Waals surface area contributed by atoms with E-state index in [1.807, 2.05) is 0 Å². The van der Waals surface area contributed by atoms with Gasteiger partial charge in [-0.15, -0.1) is 0 Å². The Labute approximate surface area is 379 Å². The number of nitrogens with zero attached hydrogens (tertiary/aromatic N) is 1. The van der Waals surface area contributed by atoms with Gasteiger partial charge in [0.25, 0.3) is 0 Å². The molecule has 304 valence electrons. The van der Waals surface area contributed by atoms with Gasteiger partial charge in [-0.25, -0.2) is 0 Å².